The number of furan rings is 1. The Balaban J connectivity index is 1.67. The maximum atomic E-state index is 12.7. The predicted molar refractivity (Wildman–Crippen MR) is 98.8 cm³/mol. The van der Waals surface area contributed by atoms with Gasteiger partial charge in [0.2, 0.25) is 5.91 Å². The molecule has 2 amide bonds. The summed E-state index contributed by atoms with van der Waals surface area (Å²) >= 11 is 0. The van der Waals surface area contributed by atoms with Crippen LogP contribution in [0.25, 0.3) is 0 Å². The van der Waals surface area contributed by atoms with Crippen molar-refractivity contribution in [3.8, 4) is 11.5 Å². The number of carbonyl (C=O) groups is 2. The van der Waals surface area contributed by atoms with Gasteiger partial charge in [0, 0.05) is 0 Å². The SMILES string of the molecule is CC(NC(=O)C(NC(=O)c1ccco1)C(C)C)c1ccc2c(c1)OCCO2. The van der Waals surface area contributed by atoms with Crippen LogP contribution in [0.15, 0.2) is 41.0 Å². The van der Waals surface area contributed by atoms with E-state index in [1.54, 1.807) is 12.1 Å². The molecule has 1 aliphatic heterocycles. The van der Waals surface area contributed by atoms with Crippen LogP contribution in [0.1, 0.15) is 42.9 Å². The van der Waals surface area contributed by atoms with Crippen LogP contribution in [0.5, 0.6) is 11.5 Å². The first kappa shape index (κ1) is 18.8. The third-order valence-corrected chi connectivity index (χ3v) is 4.41. The van der Waals surface area contributed by atoms with E-state index in [1.807, 2.05) is 39.0 Å². The molecule has 1 aliphatic rings. The maximum Gasteiger partial charge on any atom is 0.287 e. The van der Waals surface area contributed by atoms with Gasteiger partial charge in [0.05, 0.1) is 12.3 Å². The van der Waals surface area contributed by atoms with Crippen molar-refractivity contribution in [2.24, 2.45) is 5.92 Å². The number of hydrogen-bond donors (Lipinski definition) is 2. The van der Waals surface area contributed by atoms with Gasteiger partial charge in [-0.15, -0.1) is 0 Å². The molecule has 1 aromatic carbocycles. The molecule has 2 aromatic rings. The third-order valence-electron chi connectivity index (χ3n) is 4.41. The first-order valence-corrected chi connectivity index (χ1v) is 9.00. The van der Waals surface area contributed by atoms with Gasteiger partial charge in [0.25, 0.3) is 5.91 Å². The van der Waals surface area contributed by atoms with E-state index in [4.69, 9.17) is 13.9 Å². The second-order valence-electron chi connectivity index (χ2n) is 6.81. The monoisotopic (exact) mass is 372 g/mol. The molecule has 0 radical (unpaired) electrons. The predicted octanol–water partition coefficient (Wildman–Crippen LogP) is 2.68. The first-order chi connectivity index (χ1) is 13.0. The minimum absolute atomic E-state index is 0.0867. The van der Waals surface area contributed by atoms with Crippen molar-refractivity contribution in [1.29, 1.82) is 0 Å². The zero-order valence-corrected chi connectivity index (χ0v) is 15.7. The van der Waals surface area contributed by atoms with Crippen molar-refractivity contribution >= 4 is 11.8 Å². The normalized spacial score (nSPS) is 15.1. The van der Waals surface area contributed by atoms with E-state index in [1.165, 1.54) is 6.26 Å². The molecule has 7 heteroatoms. The summed E-state index contributed by atoms with van der Waals surface area (Å²) in [6, 6.07) is 7.85. The summed E-state index contributed by atoms with van der Waals surface area (Å²) < 4.78 is 16.2. The fourth-order valence-corrected chi connectivity index (χ4v) is 2.87. The molecule has 0 bridgehead atoms. The second-order valence-corrected chi connectivity index (χ2v) is 6.81. The van der Waals surface area contributed by atoms with Gasteiger partial charge in [-0.05, 0) is 42.7 Å². The quantitative estimate of drug-likeness (QED) is 0.814. The van der Waals surface area contributed by atoms with Gasteiger partial charge in [0.15, 0.2) is 17.3 Å². The van der Waals surface area contributed by atoms with Crippen LogP contribution in [0.4, 0.5) is 0 Å². The molecule has 1 aromatic heterocycles. The number of rotatable bonds is 6. The molecule has 0 aliphatic carbocycles. The molecule has 27 heavy (non-hydrogen) atoms. The lowest BCUT2D eigenvalue weighted by molar-refractivity contribution is -0.124. The summed E-state index contributed by atoms with van der Waals surface area (Å²) in [5, 5.41) is 5.69. The molecular weight excluding hydrogens is 348 g/mol. The number of hydrogen-bond acceptors (Lipinski definition) is 5. The molecule has 2 unspecified atom stereocenters. The smallest absolute Gasteiger partial charge is 0.287 e. The Morgan fingerprint density at radius 3 is 2.41 bits per heavy atom. The molecule has 2 atom stereocenters. The minimum atomic E-state index is -0.678. The standard InChI is InChI=1S/C20H24N2O5/c1-12(2)18(22-19(23)16-5-4-8-25-16)20(24)21-13(3)14-6-7-15-17(11-14)27-10-9-26-15/h4-8,11-13,18H,9-10H2,1-3H3,(H,21,24)(H,22,23). The Morgan fingerprint density at radius 1 is 1.00 bits per heavy atom. The summed E-state index contributed by atoms with van der Waals surface area (Å²) in [6.07, 6.45) is 1.42. The lowest BCUT2D eigenvalue weighted by Crippen LogP contribution is -2.50. The van der Waals surface area contributed by atoms with Crippen molar-refractivity contribution < 1.29 is 23.5 Å². The van der Waals surface area contributed by atoms with E-state index in [9.17, 15) is 9.59 Å². The topological polar surface area (TPSA) is 89.8 Å². The highest BCUT2D eigenvalue weighted by atomic mass is 16.6. The van der Waals surface area contributed by atoms with Crippen molar-refractivity contribution in [2.75, 3.05) is 13.2 Å². The van der Waals surface area contributed by atoms with Gasteiger partial charge in [-0.2, -0.15) is 0 Å². The van der Waals surface area contributed by atoms with Crippen molar-refractivity contribution in [2.45, 2.75) is 32.9 Å². The summed E-state index contributed by atoms with van der Waals surface area (Å²) in [5.41, 5.74) is 0.896. The van der Waals surface area contributed by atoms with Gasteiger partial charge >= 0.3 is 0 Å². The molecule has 0 saturated carbocycles. The largest absolute Gasteiger partial charge is 0.486 e. The Kier molecular flexibility index (Phi) is 5.69. The second kappa shape index (κ2) is 8.16. The Morgan fingerprint density at radius 2 is 1.74 bits per heavy atom. The Labute approximate surface area is 158 Å². The Bertz CT molecular complexity index is 801. The summed E-state index contributed by atoms with van der Waals surface area (Å²) in [6.45, 7) is 6.67. The van der Waals surface area contributed by atoms with Crippen molar-refractivity contribution in [1.82, 2.24) is 10.6 Å². The van der Waals surface area contributed by atoms with Gasteiger partial charge < -0.3 is 24.5 Å². The van der Waals surface area contributed by atoms with E-state index >= 15 is 0 Å². The van der Waals surface area contributed by atoms with Gasteiger partial charge in [-0.25, -0.2) is 0 Å². The zero-order valence-electron chi connectivity index (χ0n) is 15.7. The summed E-state index contributed by atoms with van der Waals surface area (Å²) in [4.78, 5) is 25.0. The lowest BCUT2D eigenvalue weighted by Gasteiger charge is -2.25. The maximum absolute atomic E-state index is 12.7. The van der Waals surface area contributed by atoms with E-state index in [2.05, 4.69) is 10.6 Å². The lowest BCUT2D eigenvalue weighted by atomic mass is 10.0. The molecule has 3 rings (SSSR count). The van der Waals surface area contributed by atoms with Crippen LogP contribution in [0, 0.1) is 5.92 Å². The average Bonchev–Trinajstić information content (AvgIpc) is 3.20. The first-order valence-electron chi connectivity index (χ1n) is 9.00. The number of benzene rings is 1. The third kappa shape index (κ3) is 4.42. The molecule has 7 nitrogen and oxygen atoms in total. The van der Waals surface area contributed by atoms with Crippen molar-refractivity contribution in [3.05, 3.63) is 47.9 Å². The van der Waals surface area contributed by atoms with E-state index < -0.39 is 11.9 Å². The van der Waals surface area contributed by atoms with Crippen LogP contribution in [-0.4, -0.2) is 31.1 Å². The van der Waals surface area contributed by atoms with Crippen molar-refractivity contribution in [3.63, 3.8) is 0 Å². The van der Waals surface area contributed by atoms with Gasteiger partial charge in [0.1, 0.15) is 19.3 Å². The van der Waals surface area contributed by atoms with Crippen LogP contribution in [-0.2, 0) is 4.79 Å². The fourth-order valence-electron chi connectivity index (χ4n) is 2.87. The van der Waals surface area contributed by atoms with Crippen LogP contribution < -0.4 is 20.1 Å². The molecular formula is C20H24N2O5. The average molecular weight is 372 g/mol. The number of ether oxygens (including phenoxy) is 2. The summed E-state index contributed by atoms with van der Waals surface area (Å²) in [7, 11) is 0. The molecule has 144 valence electrons. The van der Waals surface area contributed by atoms with Crippen LogP contribution >= 0.6 is 0 Å². The number of amides is 2. The summed E-state index contributed by atoms with van der Waals surface area (Å²) in [5.74, 6) is 0.790. The molecule has 2 N–H and O–H groups in total. The zero-order chi connectivity index (χ0) is 19.4. The van der Waals surface area contributed by atoms with Gasteiger partial charge in [-0.1, -0.05) is 19.9 Å². The van der Waals surface area contributed by atoms with Gasteiger partial charge in [-0.3, -0.25) is 9.59 Å². The Hall–Kier alpha value is -2.96. The minimum Gasteiger partial charge on any atom is -0.486 e. The van der Waals surface area contributed by atoms with E-state index in [-0.39, 0.29) is 23.6 Å². The number of fused-ring (bicyclic) bond motifs is 1. The fraction of sp³-hybridized carbons (Fsp3) is 0.400. The number of carbonyl (C=O) groups excluding carboxylic acids is 2. The highest BCUT2D eigenvalue weighted by molar-refractivity contribution is 5.95. The molecule has 0 fully saturated rings. The highest BCUT2D eigenvalue weighted by Gasteiger charge is 2.27. The van der Waals surface area contributed by atoms with E-state index in [0.717, 1.165) is 5.56 Å². The van der Waals surface area contributed by atoms with Crippen LogP contribution in [0.3, 0.4) is 0 Å². The molecule has 0 saturated heterocycles. The number of nitrogens with one attached hydrogen (secondary N) is 2. The molecule has 2 heterocycles. The van der Waals surface area contributed by atoms with E-state index in [0.29, 0.717) is 24.7 Å². The molecule has 0 spiro atoms. The highest BCUT2D eigenvalue weighted by Crippen LogP contribution is 2.32. The van der Waals surface area contributed by atoms with Crippen LogP contribution in [0.2, 0.25) is 0 Å².